The lowest BCUT2D eigenvalue weighted by atomic mass is 9.89. The first kappa shape index (κ1) is 44.0. The van der Waals surface area contributed by atoms with Crippen LogP contribution in [0.5, 0.6) is 5.75 Å². The number of pyridine rings is 4. The number of benzene rings is 5. The lowest BCUT2D eigenvalue weighted by molar-refractivity contribution is -0.697. The maximum Gasteiger partial charge on any atom is 0.338 e. The van der Waals surface area contributed by atoms with Gasteiger partial charge in [0.1, 0.15) is 37.3 Å². The summed E-state index contributed by atoms with van der Waals surface area (Å²) in [6.45, 7) is 2.85. The Morgan fingerprint density at radius 2 is 1.22 bits per heavy atom. The van der Waals surface area contributed by atoms with Crippen LogP contribution >= 0.6 is 0 Å². The van der Waals surface area contributed by atoms with E-state index >= 15 is 0 Å². The second kappa shape index (κ2) is 19.6. The molecule has 10 nitrogen and oxygen atoms in total. The van der Waals surface area contributed by atoms with Gasteiger partial charge in [0.05, 0.1) is 23.6 Å². The zero-order valence-corrected chi connectivity index (χ0v) is 38.6. The van der Waals surface area contributed by atoms with Crippen molar-refractivity contribution in [3.05, 3.63) is 217 Å². The van der Waals surface area contributed by atoms with Gasteiger partial charge >= 0.3 is 5.97 Å². The minimum Gasteiger partial charge on any atom is -0.507 e. The Labute approximate surface area is 400 Å². The first-order valence-corrected chi connectivity index (χ1v) is 23.1. The van der Waals surface area contributed by atoms with Gasteiger partial charge in [0.15, 0.2) is 69.2 Å². The molecule has 0 saturated heterocycles. The number of phenolic OH excluding ortho intramolecular Hbond substituents is 1. The van der Waals surface area contributed by atoms with E-state index in [4.69, 9.17) is 14.4 Å². The summed E-state index contributed by atoms with van der Waals surface area (Å²) >= 11 is 0. The second-order valence-corrected chi connectivity index (χ2v) is 17.5. The third-order valence-electron chi connectivity index (χ3n) is 12.7. The molecular formula is C59H51N6O4+5. The molecule has 0 amide bonds. The molecule has 10 rings (SSSR count). The normalized spacial score (nSPS) is 11.2. The molecule has 0 saturated carbocycles. The predicted octanol–water partition coefficient (Wildman–Crippen LogP) is 8.45. The third-order valence-corrected chi connectivity index (χ3v) is 12.7. The summed E-state index contributed by atoms with van der Waals surface area (Å²) in [5.74, 6) is 0.381. The highest BCUT2D eigenvalue weighted by molar-refractivity contribution is 6.15. The van der Waals surface area contributed by atoms with Gasteiger partial charge in [-0.1, -0.05) is 60.7 Å². The summed E-state index contributed by atoms with van der Waals surface area (Å²) in [5, 5.41) is 23.2. The molecule has 5 heterocycles. The van der Waals surface area contributed by atoms with Crippen molar-refractivity contribution in [3.8, 4) is 56.5 Å². The van der Waals surface area contributed by atoms with Gasteiger partial charge in [-0.15, -0.1) is 0 Å². The molecule has 1 aliphatic heterocycles. The van der Waals surface area contributed by atoms with Crippen LogP contribution < -0.4 is 28.2 Å². The van der Waals surface area contributed by atoms with Crippen molar-refractivity contribution in [2.45, 2.75) is 32.6 Å². The first-order valence-electron chi connectivity index (χ1n) is 23.1. The number of aromatic hydroxyl groups is 1. The molecule has 0 atom stereocenters. The number of aromatic nitrogens is 4. The van der Waals surface area contributed by atoms with Crippen molar-refractivity contribution in [1.82, 2.24) is 4.58 Å². The molecular weight excluding hydrogens is 857 g/mol. The molecule has 1 N–H and O–H groups in total. The number of phenols is 1. The number of hydrogen-bond acceptors (Lipinski definition) is 5. The summed E-state index contributed by atoms with van der Waals surface area (Å²) in [7, 11) is 3.96. The highest BCUT2D eigenvalue weighted by Gasteiger charge is 2.24. The summed E-state index contributed by atoms with van der Waals surface area (Å²) in [5.41, 5.74) is 10.4. The van der Waals surface area contributed by atoms with Crippen LogP contribution in [0.1, 0.15) is 27.9 Å². The number of fused-ring (bicyclic) bond motifs is 4. The average molecular weight is 908 g/mol. The van der Waals surface area contributed by atoms with Crippen LogP contribution in [0.4, 0.5) is 0 Å². The van der Waals surface area contributed by atoms with E-state index in [2.05, 4.69) is 118 Å². The summed E-state index contributed by atoms with van der Waals surface area (Å²) < 4.78 is 22.9. The van der Waals surface area contributed by atoms with E-state index < -0.39 is 5.97 Å². The SMILES string of the molecule is C[N+](C)=c1ccc2c(-c3ccccc3C(=O)OCCC[n+]3ccc(-c4cc[n+](Cc5ccc(C[n+]6ccc(-c7cc[n+](CC#N)cc7)cc6)cc5)cc4)cc3)c3ccc4cccc(O)c4c3oc-2c1. The van der Waals surface area contributed by atoms with E-state index in [0.29, 0.717) is 41.8 Å². The molecule has 4 aromatic heterocycles. The molecule has 0 radical (unpaired) electrons. The monoisotopic (exact) mass is 907 g/mol. The number of esters is 1. The Morgan fingerprint density at radius 3 is 1.81 bits per heavy atom. The Balaban J connectivity index is 0.749. The van der Waals surface area contributed by atoms with Crippen molar-refractivity contribution in [1.29, 1.82) is 5.26 Å². The fourth-order valence-corrected chi connectivity index (χ4v) is 8.94. The van der Waals surface area contributed by atoms with Gasteiger partial charge in [-0.25, -0.2) is 23.1 Å². The third kappa shape index (κ3) is 9.58. The minimum atomic E-state index is -0.394. The van der Waals surface area contributed by atoms with E-state index in [-0.39, 0.29) is 12.4 Å². The van der Waals surface area contributed by atoms with E-state index in [9.17, 15) is 9.90 Å². The van der Waals surface area contributed by atoms with Crippen LogP contribution in [0.25, 0.3) is 66.4 Å². The number of hydrogen-bond donors (Lipinski definition) is 1. The van der Waals surface area contributed by atoms with Crippen LogP contribution in [0.15, 0.2) is 200 Å². The van der Waals surface area contributed by atoms with Crippen LogP contribution in [-0.2, 0) is 30.9 Å². The van der Waals surface area contributed by atoms with Gasteiger partial charge in [-0.2, -0.15) is 9.83 Å². The minimum absolute atomic E-state index is 0.131. The Bertz CT molecular complexity index is 3560. The highest BCUT2D eigenvalue weighted by atomic mass is 16.5. The maximum absolute atomic E-state index is 13.9. The van der Waals surface area contributed by atoms with Crippen molar-refractivity contribution >= 4 is 27.7 Å². The van der Waals surface area contributed by atoms with Crippen LogP contribution in [0, 0.1) is 11.3 Å². The van der Waals surface area contributed by atoms with Crippen LogP contribution in [-0.4, -0.2) is 31.8 Å². The predicted molar refractivity (Wildman–Crippen MR) is 264 cm³/mol. The molecule has 0 spiro atoms. The van der Waals surface area contributed by atoms with Crippen molar-refractivity contribution < 1.29 is 37.3 Å². The molecule has 4 aromatic carbocycles. The van der Waals surface area contributed by atoms with Gasteiger partial charge in [-0.05, 0) is 57.5 Å². The van der Waals surface area contributed by atoms with Gasteiger partial charge in [-0.3, -0.25) is 0 Å². The molecule has 0 fully saturated rings. The van der Waals surface area contributed by atoms with E-state index in [0.717, 1.165) is 68.2 Å². The average Bonchev–Trinajstić information content (AvgIpc) is 3.38. The fourth-order valence-electron chi connectivity index (χ4n) is 8.94. The highest BCUT2D eigenvalue weighted by Crippen LogP contribution is 2.44. The largest absolute Gasteiger partial charge is 0.507 e. The van der Waals surface area contributed by atoms with Crippen molar-refractivity contribution in [2.75, 3.05) is 20.7 Å². The number of carbonyl (C=O) groups excluding carboxylic acids is 1. The number of ether oxygens (including phenoxy) is 1. The molecule has 0 bridgehead atoms. The number of carbonyl (C=O) groups is 1. The Hall–Kier alpha value is -8.81. The topological polar surface area (TPSA) is 102 Å². The van der Waals surface area contributed by atoms with E-state index in [1.807, 2.05) is 114 Å². The molecule has 336 valence electrons. The zero-order chi connectivity index (χ0) is 47.3. The molecule has 10 heteroatoms. The first-order chi connectivity index (χ1) is 33.8. The zero-order valence-electron chi connectivity index (χ0n) is 38.6. The van der Waals surface area contributed by atoms with Gasteiger partial charge < -0.3 is 14.3 Å². The molecule has 8 aromatic rings. The molecule has 0 unspecified atom stereocenters. The number of aryl methyl sites for hydroxylation is 1. The Morgan fingerprint density at radius 1 is 0.638 bits per heavy atom. The summed E-state index contributed by atoms with van der Waals surface area (Å²) in [6.07, 6.45) is 17.1. The number of nitriles is 1. The van der Waals surface area contributed by atoms with Gasteiger partial charge in [0, 0.05) is 88.7 Å². The number of nitrogens with zero attached hydrogens (tertiary/aromatic N) is 6. The summed E-state index contributed by atoms with van der Waals surface area (Å²) in [6, 6.07) is 50.8. The Kier molecular flexibility index (Phi) is 12.5. The summed E-state index contributed by atoms with van der Waals surface area (Å²) in [4.78, 5) is 13.9. The van der Waals surface area contributed by atoms with Gasteiger partial charge in [0.2, 0.25) is 11.9 Å². The van der Waals surface area contributed by atoms with Crippen molar-refractivity contribution in [3.63, 3.8) is 0 Å². The molecule has 1 aliphatic carbocycles. The van der Waals surface area contributed by atoms with E-state index in [1.165, 1.54) is 11.1 Å². The fraction of sp³-hybridized carbons (Fsp3) is 0.136. The van der Waals surface area contributed by atoms with Crippen molar-refractivity contribution in [2.24, 2.45) is 0 Å². The quantitative estimate of drug-likeness (QED) is 0.0412. The van der Waals surface area contributed by atoms with Crippen LogP contribution in [0.2, 0.25) is 0 Å². The van der Waals surface area contributed by atoms with Gasteiger partial charge in [0.25, 0.3) is 0 Å². The van der Waals surface area contributed by atoms with E-state index in [1.54, 1.807) is 6.07 Å². The maximum atomic E-state index is 13.9. The second-order valence-electron chi connectivity index (χ2n) is 17.5. The lowest BCUT2D eigenvalue weighted by Gasteiger charge is -2.18. The standard InChI is InChI=1S/C59H50N6O4/c1-61(2)49-16-18-52-55(39-49)69-58-53(17-15-48-7-5-10-54(66)56(48)58)57(52)50-8-3-4-9-51(50)59(67)68-38-6-28-62-29-19-44(20-30-62)46-23-33-64(34-24-46)40-42-11-13-43(14-12-42)41-65-35-25-47(26-36-65)45-21-31-63(32-22-45)37-27-60/h3-5,7-26,29-36,39H,6,28,37-38,40-41H2,1-2H3/q+4/p+1. The molecule has 69 heavy (non-hydrogen) atoms. The van der Waals surface area contributed by atoms with Crippen LogP contribution in [0.3, 0.4) is 0 Å². The molecule has 2 aliphatic rings. The number of rotatable bonds is 13. The lowest BCUT2D eigenvalue weighted by Crippen LogP contribution is -2.34. The smallest absolute Gasteiger partial charge is 0.338 e.